The van der Waals surface area contributed by atoms with Crippen molar-refractivity contribution in [2.45, 2.75) is 31.8 Å². The highest BCUT2D eigenvalue weighted by Gasteiger charge is 2.40. The molecule has 0 radical (unpaired) electrons. The Labute approximate surface area is 123 Å². The van der Waals surface area contributed by atoms with E-state index in [-0.39, 0.29) is 23.8 Å². The number of Topliss-reactive ketones (excluding diaryl/α,β-unsaturated/α-hetero) is 1. The van der Waals surface area contributed by atoms with E-state index in [1.807, 2.05) is 4.90 Å². The lowest BCUT2D eigenvalue weighted by atomic mass is 10.1. The SMILES string of the molecule is COc1cc(C(=O)N2C3CCC2COC3)ccc1C(C)=O. The first-order valence-corrected chi connectivity index (χ1v) is 7.21. The van der Waals surface area contributed by atoms with E-state index in [4.69, 9.17) is 9.47 Å². The predicted octanol–water partition coefficient (Wildman–Crippen LogP) is 1.90. The summed E-state index contributed by atoms with van der Waals surface area (Å²) < 4.78 is 10.7. The maximum Gasteiger partial charge on any atom is 0.254 e. The van der Waals surface area contributed by atoms with E-state index in [0.29, 0.717) is 30.1 Å². The van der Waals surface area contributed by atoms with Gasteiger partial charge in [0.25, 0.3) is 5.91 Å². The maximum absolute atomic E-state index is 12.7. The molecule has 5 heteroatoms. The van der Waals surface area contributed by atoms with E-state index < -0.39 is 0 Å². The smallest absolute Gasteiger partial charge is 0.254 e. The van der Waals surface area contributed by atoms with Crippen molar-refractivity contribution in [3.63, 3.8) is 0 Å². The molecule has 1 aromatic carbocycles. The van der Waals surface area contributed by atoms with Gasteiger partial charge in [0, 0.05) is 5.56 Å². The molecule has 2 heterocycles. The molecule has 0 spiro atoms. The lowest BCUT2D eigenvalue weighted by Gasteiger charge is -2.34. The van der Waals surface area contributed by atoms with Crippen LogP contribution < -0.4 is 4.74 Å². The molecule has 2 aliphatic heterocycles. The van der Waals surface area contributed by atoms with Gasteiger partial charge in [-0.1, -0.05) is 0 Å². The normalized spacial score (nSPS) is 24.0. The van der Waals surface area contributed by atoms with E-state index >= 15 is 0 Å². The molecule has 0 aliphatic carbocycles. The molecule has 1 amide bonds. The van der Waals surface area contributed by atoms with Crippen LogP contribution in [0.4, 0.5) is 0 Å². The van der Waals surface area contributed by atoms with Gasteiger partial charge in [-0.3, -0.25) is 9.59 Å². The van der Waals surface area contributed by atoms with Gasteiger partial charge in [-0.15, -0.1) is 0 Å². The van der Waals surface area contributed by atoms with Crippen molar-refractivity contribution in [2.24, 2.45) is 0 Å². The summed E-state index contributed by atoms with van der Waals surface area (Å²) in [5.41, 5.74) is 1.06. The third kappa shape index (κ3) is 2.42. The minimum Gasteiger partial charge on any atom is -0.496 e. The number of fused-ring (bicyclic) bond motifs is 2. The first-order chi connectivity index (χ1) is 10.1. The Morgan fingerprint density at radius 2 is 1.90 bits per heavy atom. The molecule has 2 aliphatic rings. The Morgan fingerprint density at radius 1 is 1.24 bits per heavy atom. The third-order valence-electron chi connectivity index (χ3n) is 4.30. The molecule has 5 nitrogen and oxygen atoms in total. The number of carbonyl (C=O) groups excluding carboxylic acids is 2. The highest BCUT2D eigenvalue weighted by Crippen LogP contribution is 2.31. The van der Waals surface area contributed by atoms with Crippen LogP contribution in [0.5, 0.6) is 5.75 Å². The van der Waals surface area contributed by atoms with Gasteiger partial charge in [-0.05, 0) is 38.0 Å². The number of nitrogens with zero attached hydrogens (tertiary/aromatic N) is 1. The summed E-state index contributed by atoms with van der Waals surface area (Å²) in [6, 6.07) is 5.38. The van der Waals surface area contributed by atoms with Gasteiger partial charge in [0.05, 0.1) is 38.0 Å². The Morgan fingerprint density at radius 3 is 2.48 bits per heavy atom. The molecular weight excluding hydrogens is 270 g/mol. The van der Waals surface area contributed by atoms with Crippen molar-refractivity contribution in [1.29, 1.82) is 0 Å². The standard InChI is InChI=1S/C16H19NO4/c1-10(18)14-6-3-11(7-15(14)20-2)16(19)17-12-4-5-13(17)9-21-8-12/h3,6-7,12-13H,4-5,8-9H2,1-2H3. The molecule has 1 aromatic rings. The van der Waals surface area contributed by atoms with Crippen LogP contribution in [0.15, 0.2) is 18.2 Å². The van der Waals surface area contributed by atoms with Gasteiger partial charge >= 0.3 is 0 Å². The van der Waals surface area contributed by atoms with Gasteiger partial charge < -0.3 is 14.4 Å². The second-order valence-electron chi connectivity index (χ2n) is 5.61. The van der Waals surface area contributed by atoms with Gasteiger partial charge in [0.15, 0.2) is 5.78 Å². The molecule has 112 valence electrons. The predicted molar refractivity (Wildman–Crippen MR) is 76.8 cm³/mol. The minimum absolute atomic E-state index is 0.000739. The maximum atomic E-state index is 12.7. The number of amides is 1. The second kappa shape index (κ2) is 5.48. The fraction of sp³-hybridized carbons (Fsp3) is 0.500. The Hall–Kier alpha value is -1.88. The van der Waals surface area contributed by atoms with Crippen molar-refractivity contribution >= 4 is 11.7 Å². The summed E-state index contributed by atoms with van der Waals surface area (Å²) in [4.78, 5) is 26.2. The van der Waals surface area contributed by atoms with Crippen LogP contribution in [0.25, 0.3) is 0 Å². The fourth-order valence-electron chi connectivity index (χ4n) is 3.22. The van der Waals surface area contributed by atoms with E-state index in [1.54, 1.807) is 18.2 Å². The number of carbonyl (C=O) groups is 2. The van der Waals surface area contributed by atoms with E-state index in [1.165, 1.54) is 14.0 Å². The van der Waals surface area contributed by atoms with Crippen LogP contribution in [-0.2, 0) is 4.74 Å². The summed E-state index contributed by atoms with van der Waals surface area (Å²) >= 11 is 0. The quantitative estimate of drug-likeness (QED) is 0.798. The Balaban J connectivity index is 1.90. The fourth-order valence-corrected chi connectivity index (χ4v) is 3.22. The lowest BCUT2D eigenvalue weighted by Crippen LogP contribution is -2.49. The highest BCUT2D eigenvalue weighted by atomic mass is 16.5. The molecule has 2 unspecified atom stereocenters. The number of hydrogen-bond acceptors (Lipinski definition) is 4. The summed E-state index contributed by atoms with van der Waals surface area (Å²) in [5.74, 6) is 0.380. The van der Waals surface area contributed by atoms with E-state index in [2.05, 4.69) is 0 Å². The number of benzene rings is 1. The summed E-state index contributed by atoms with van der Waals surface area (Å²) in [6.07, 6.45) is 2.00. The number of methoxy groups -OCH3 is 1. The molecule has 0 saturated carbocycles. The van der Waals surface area contributed by atoms with Crippen molar-refractivity contribution in [3.8, 4) is 5.75 Å². The van der Waals surface area contributed by atoms with Gasteiger partial charge in [-0.25, -0.2) is 0 Å². The first kappa shape index (κ1) is 14.1. The van der Waals surface area contributed by atoms with Gasteiger partial charge in [0.1, 0.15) is 5.75 Å². The molecular formula is C16H19NO4. The largest absolute Gasteiger partial charge is 0.496 e. The van der Waals surface area contributed by atoms with Crippen molar-refractivity contribution in [2.75, 3.05) is 20.3 Å². The highest BCUT2D eigenvalue weighted by molar-refractivity contribution is 6.00. The number of ether oxygens (including phenoxy) is 2. The van der Waals surface area contributed by atoms with Gasteiger partial charge in [0.2, 0.25) is 0 Å². The molecule has 2 saturated heterocycles. The third-order valence-corrected chi connectivity index (χ3v) is 4.30. The molecule has 0 aromatic heterocycles. The number of morpholine rings is 1. The van der Waals surface area contributed by atoms with Gasteiger partial charge in [-0.2, -0.15) is 0 Å². The van der Waals surface area contributed by atoms with Crippen LogP contribution in [0.1, 0.15) is 40.5 Å². The zero-order chi connectivity index (χ0) is 15.0. The minimum atomic E-state index is -0.0720. The first-order valence-electron chi connectivity index (χ1n) is 7.21. The topological polar surface area (TPSA) is 55.8 Å². The van der Waals surface area contributed by atoms with Crippen LogP contribution in [0, 0.1) is 0 Å². The number of rotatable bonds is 3. The van der Waals surface area contributed by atoms with Crippen molar-refractivity contribution < 1.29 is 19.1 Å². The molecule has 0 N–H and O–H groups in total. The molecule has 3 rings (SSSR count). The number of hydrogen-bond donors (Lipinski definition) is 0. The van der Waals surface area contributed by atoms with Crippen LogP contribution in [0.3, 0.4) is 0 Å². The summed E-state index contributed by atoms with van der Waals surface area (Å²) in [7, 11) is 1.51. The summed E-state index contributed by atoms with van der Waals surface area (Å²) in [6.45, 7) is 2.72. The average Bonchev–Trinajstić information content (AvgIpc) is 2.74. The van der Waals surface area contributed by atoms with Crippen LogP contribution in [0.2, 0.25) is 0 Å². The summed E-state index contributed by atoms with van der Waals surface area (Å²) in [5, 5.41) is 0. The molecule has 2 atom stereocenters. The van der Waals surface area contributed by atoms with E-state index in [0.717, 1.165) is 12.8 Å². The monoisotopic (exact) mass is 289 g/mol. The average molecular weight is 289 g/mol. The molecule has 2 fully saturated rings. The van der Waals surface area contributed by atoms with E-state index in [9.17, 15) is 9.59 Å². The molecule has 21 heavy (non-hydrogen) atoms. The lowest BCUT2D eigenvalue weighted by molar-refractivity contribution is -0.00717. The molecule has 2 bridgehead atoms. The Kier molecular flexibility index (Phi) is 3.68. The Bertz CT molecular complexity index is 568. The number of ketones is 1. The zero-order valence-electron chi connectivity index (χ0n) is 12.3. The van der Waals surface area contributed by atoms with Crippen LogP contribution in [-0.4, -0.2) is 49.0 Å². The van der Waals surface area contributed by atoms with Crippen molar-refractivity contribution in [1.82, 2.24) is 4.90 Å². The van der Waals surface area contributed by atoms with Crippen molar-refractivity contribution in [3.05, 3.63) is 29.3 Å². The second-order valence-corrected chi connectivity index (χ2v) is 5.61. The zero-order valence-corrected chi connectivity index (χ0v) is 12.3. The van der Waals surface area contributed by atoms with Crippen LogP contribution >= 0.6 is 0 Å².